The fourth-order valence-corrected chi connectivity index (χ4v) is 3.68. The molecule has 0 spiro atoms. The summed E-state index contributed by atoms with van der Waals surface area (Å²) in [5, 5.41) is 10.6. The molecule has 4 N–H and O–H groups in total. The Morgan fingerprint density at radius 3 is 2.41 bits per heavy atom. The molecule has 2 unspecified atom stereocenters. The fourth-order valence-electron chi connectivity index (χ4n) is 3.16. The maximum absolute atomic E-state index is 12.5. The van der Waals surface area contributed by atoms with Crippen molar-refractivity contribution in [3.8, 4) is 0 Å². The lowest BCUT2D eigenvalue weighted by atomic mass is 9.99. The second-order valence-corrected chi connectivity index (χ2v) is 8.44. The number of amides is 2. The molecule has 1 aromatic rings. The lowest BCUT2D eigenvalue weighted by Crippen LogP contribution is -2.52. The highest BCUT2D eigenvalue weighted by Crippen LogP contribution is 2.23. The molecular formula is C19H28N4O5S. The Labute approximate surface area is 171 Å². The fraction of sp³-hybridized carbons (Fsp3) is 0.474. The second-order valence-electron chi connectivity index (χ2n) is 6.88. The number of sulfonamides is 1. The summed E-state index contributed by atoms with van der Waals surface area (Å²) in [7, 11) is -1.90. The van der Waals surface area contributed by atoms with Gasteiger partial charge in [-0.1, -0.05) is 19.1 Å². The molecule has 2 amide bonds. The quantitative estimate of drug-likeness (QED) is 0.538. The van der Waals surface area contributed by atoms with Crippen LogP contribution in [0.25, 0.3) is 0 Å². The number of nitrogens with one attached hydrogen (secondary N) is 2. The Bertz CT molecular complexity index is 896. The molecule has 160 valence electrons. The summed E-state index contributed by atoms with van der Waals surface area (Å²) in [6.45, 7) is 6.09. The van der Waals surface area contributed by atoms with Crippen molar-refractivity contribution in [1.29, 1.82) is 0 Å². The van der Waals surface area contributed by atoms with Gasteiger partial charge in [-0.05, 0) is 45.0 Å². The van der Waals surface area contributed by atoms with E-state index in [1.165, 1.54) is 12.1 Å². The molecule has 0 fully saturated rings. The van der Waals surface area contributed by atoms with E-state index in [2.05, 4.69) is 10.6 Å². The summed E-state index contributed by atoms with van der Waals surface area (Å²) in [5.41, 5.74) is 1.78. The first-order chi connectivity index (χ1) is 13.6. The molecule has 10 heteroatoms. The van der Waals surface area contributed by atoms with Gasteiger partial charge in [-0.25, -0.2) is 23.1 Å². The smallest absolute Gasteiger partial charge is 0.337 e. The molecule has 0 saturated carbocycles. The number of hydrogen-bond acceptors (Lipinski definition) is 6. The molecule has 1 heterocycles. The minimum atomic E-state index is -3.75. The van der Waals surface area contributed by atoms with Crippen LogP contribution in [0, 0.1) is 0 Å². The average Bonchev–Trinajstić information content (AvgIpc) is 2.66. The number of carbonyl (C=O) groups excluding carboxylic acids is 2. The van der Waals surface area contributed by atoms with Crippen molar-refractivity contribution in [3.63, 3.8) is 0 Å². The number of ether oxygens (including phenoxy) is 1. The topological polar surface area (TPSA) is 131 Å². The lowest BCUT2D eigenvalue weighted by Gasteiger charge is -2.32. The number of likely N-dealkylation sites (N-methyl/N-ethyl adjacent to an activating group) is 1. The molecule has 29 heavy (non-hydrogen) atoms. The first-order valence-electron chi connectivity index (χ1n) is 9.39. The van der Waals surface area contributed by atoms with Gasteiger partial charge in [0, 0.05) is 18.3 Å². The van der Waals surface area contributed by atoms with Gasteiger partial charge in [0.2, 0.25) is 10.0 Å². The number of benzene rings is 1. The van der Waals surface area contributed by atoms with Crippen molar-refractivity contribution < 1.29 is 22.7 Å². The predicted molar refractivity (Wildman–Crippen MR) is 108 cm³/mol. The van der Waals surface area contributed by atoms with Gasteiger partial charge >= 0.3 is 12.0 Å². The van der Waals surface area contributed by atoms with Gasteiger partial charge in [-0.3, -0.25) is 4.90 Å². The number of hydrogen-bond donors (Lipinski definition) is 3. The van der Waals surface area contributed by atoms with Crippen LogP contribution in [0.4, 0.5) is 4.79 Å². The molecule has 0 radical (unpaired) electrons. The van der Waals surface area contributed by atoms with E-state index in [1.807, 2.05) is 25.8 Å². The highest BCUT2D eigenvalue weighted by atomic mass is 32.2. The summed E-state index contributed by atoms with van der Waals surface area (Å²) in [6.07, 6.45) is 0.555. The maximum atomic E-state index is 12.5. The zero-order chi connectivity index (χ0) is 21.8. The van der Waals surface area contributed by atoms with Crippen molar-refractivity contribution in [2.24, 2.45) is 5.14 Å². The first kappa shape index (κ1) is 22.9. The first-order valence-corrected chi connectivity index (χ1v) is 10.9. The van der Waals surface area contributed by atoms with Crippen LogP contribution in [0.2, 0.25) is 0 Å². The zero-order valence-electron chi connectivity index (χ0n) is 17.1. The normalized spacial score (nSPS) is 18.3. The number of carbonyl (C=O) groups is 2. The minimum Gasteiger partial charge on any atom is -0.463 e. The molecule has 9 nitrogen and oxygen atoms in total. The summed E-state index contributed by atoms with van der Waals surface area (Å²) in [5.74, 6) is -0.458. The highest BCUT2D eigenvalue weighted by molar-refractivity contribution is 7.89. The standard InChI is InChI=1S/C19H28N4O5S/c1-5-15-17(18(24)28-6-2)16(22-19(25)21-15)11-23(4)12(3)13-7-9-14(10-8-13)29(20,26)27/h7-10,12,15H,5-6,11H2,1-4H3,(H2,20,26,27)(H2,21,22,25). The molecule has 0 bridgehead atoms. The van der Waals surface area contributed by atoms with Crippen LogP contribution >= 0.6 is 0 Å². The molecule has 0 aliphatic carbocycles. The number of esters is 1. The molecule has 0 saturated heterocycles. The van der Waals surface area contributed by atoms with Crippen molar-refractivity contribution in [2.75, 3.05) is 20.2 Å². The van der Waals surface area contributed by atoms with Crippen molar-refractivity contribution in [1.82, 2.24) is 15.5 Å². The van der Waals surface area contributed by atoms with Gasteiger partial charge in [0.05, 0.1) is 23.1 Å². The SMILES string of the molecule is CCOC(=O)C1=C(CN(C)C(C)c2ccc(S(N)(=O)=O)cc2)NC(=O)NC1CC. The maximum Gasteiger partial charge on any atom is 0.337 e. The second kappa shape index (κ2) is 9.38. The molecule has 2 rings (SSSR count). The summed E-state index contributed by atoms with van der Waals surface area (Å²) in [4.78, 5) is 26.5. The van der Waals surface area contributed by atoms with Crippen LogP contribution in [-0.2, 0) is 19.6 Å². The Balaban J connectivity index is 2.27. The van der Waals surface area contributed by atoms with Crippen LogP contribution in [0.1, 0.15) is 38.8 Å². The average molecular weight is 425 g/mol. The van der Waals surface area contributed by atoms with Crippen molar-refractivity contribution in [3.05, 3.63) is 41.1 Å². The monoisotopic (exact) mass is 424 g/mol. The Morgan fingerprint density at radius 2 is 1.90 bits per heavy atom. The number of primary sulfonamides is 1. The van der Waals surface area contributed by atoms with E-state index < -0.39 is 22.0 Å². The predicted octanol–water partition coefficient (Wildman–Crippen LogP) is 1.24. The van der Waals surface area contributed by atoms with E-state index in [0.717, 1.165) is 5.56 Å². The Morgan fingerprint density at radius 1 is 1.28 bits per heavy atom. The number of nitrogens with zero attached hydrogens (tertiary/aromatic N) is 1. The van der Waals surface area contributed by atoms with Gasteiger partial charge in [-0.2, -0.15) is 0 Å². The molecule has 0 aromatic heterocycles. The lowest BCUT2D eigenvalue weighted by molar-refractivity contribution is -0.139. The van der Waals surface area contributed by atoms with E-state index in [-0.39, 0.29) is 23.6 Å². The molecule has 1 aliphatic rings. The summed E-state index contributed by atoms with van der Waals surface area (Å²) >= 11 is 0. The third-order valence-corrected chi connectivity index (χ3v) is 5.84. The van der Waals surface area contributed by atoms with E-state index in [9.17, 15) is 18.0 Å². The van der Waals surface area contributed by atoms with Gasteiger partial charge in [0.15, 0.2) is 0 Å². The molecule has 2 atom stereocenters. The van der Waals surface area contributed by atoms with Crippen molar-refractivity contribution in [2.45, 2.75) is 44.2 Å². The third kappa shape index (κ3) is 5.55. The Kier molecular flexibility index (Phi) is 7.39. The van der Waals surface area contributed by atoms with E-state index in [1.54, 1.807) is 19.1 Å². The number of rotatable bonds is 8. The highest BCUT2D eigenvalue weighted by Gasteiger charge is 2.32. The summed E-state index contributed by atoms with van der Waals surface area (Å²) < 4.78 is 28.0. The van der Waals surface area contributed by atoms with Crippen molar-refractivity contribution >= 4 is 22.0 Å². The molecular weight excluding hydrogens is 396 g/mol. The third-order valence-electron chi connectivity index (χ3n) is 4.91. The molecule has 1 aliphatic heterocycles. The number of nitrogens with two attached hydrogens (primary N) is 1. The van der Waals surface area contributed by atoms with Crippen LogP contribution in [0.3, 0.4) is 0 Å². The van der Waals surface area contributed by atoms with Gasteiger partial charge in [0.25, 0.3) is 0 Å². The van der Waals surface area contributed by atoms with Crippen LogP contribution < -0.4 is 15.8 Å². The van der Waals surface area contributed by atoms with Crippen LogP contribution in [0.5, 0.6) is 0 Å². The zero-order valence-corrected chi connectivity index (χ0v) is 17.9. The molecule has 1 aromatic carbocycles. The van der Waals surface area contributed by atoms with Crippen LogP contribution in [-0.4, -0.2) is 51.6 Å². The minimum absolute atomic E-state index is 0.0415. The van der Waals surface area contributed by atoms with Gasteiger partial charge in [0.1, 0.15) is 0 Å². The van der Waals surface area contributed by atoms with E-state index in [0.29, 0.717) is 24.2 Å². The summed E-state index contributed by atoms with van der Waals surface area (Å²) in [6, 6.07) is 5.39. The largest absolute Gasteiger partial charge is 0.463 e. The number of urea groups is 1. The van der Waals surface area contributed by atoms with E-state index in [4.69, 9.17) is 9.88 Å². The van der Waals surface area contributed by atoms with Gasteiger partial charge in [-0.15, -0.1) is 0 Å². The van der Waals surface area contributed by atoms with Gasteiger partial charge < -0.3 is 15.4 Å². The Hall–Kier alpha value is -2.43. The van der Waals surface area contributed by atoms with Crippen LogP contribution in [0.15, 0.2) is 40.4 Å². The van der Waals surface area contributed by atoms with E-state index >= 15 is 0 Å².